The van der Waals surface area contributed by atoms with Gasteiger partial charge < -0.3 is 9.84 Å². The Morgan fingerprint density at radius 3 is 2.59 bits per heavy atom. The number of ether oxygens (including phenoxy) is 1. The van der Waals surface area contributed by atoms with E-state index in [-0.39, 0.29) is 6.61 Å². The maximum absolute atomic E-state index is 9.15. The van der Waals surface area contributed by atoms with Crippen molar-refractivity contribution in [3.63, 3.8) is 0 Å². The summed E-state index contributed by atoms with van der Waals surface area (Å²) >= 11 is 1.81. The Kier molecular flexibility index (Phi) is 5.62. The summed E-state index contributed by atoms with van der Waals surface area (Å²) in [5, 5.41) is 11.3. The fraction of sp³-hybridized carbons (Fsp3) is 0.444. The van der Waals surface area contributed by atoms with E-state index in [1.54, 1.807) is 0 Å². The second kappa shape index (κ2) is 7.88. The summed E-state index contributed by atoms with van der Waals surface area (Å²) in [4.78, 5) is 3.86. The minimum Gasteiger partial charge on any atom is -0.392 e. The molecule has 0 saturated carbocycles. The zero-order chi connectivity index (χ0) is 15.2. The van der Waals surface area contributed by atoms with Crippen LogP contribution in [-0.4, -0.2) is 29.3 Å². The lowest BCUT2D eigenvalue weighted by molar-refractivity contribution is 0.0682. The highest BCUT2D eigenvalue weighted by molar-refractivity contribution is 7.09. The van der Waals surface area contributed by atoms with Gasteiger partial charge in [-0.3, -0.25) is 4.90 Å². The summed E-state index contributed by atoms with van der Waals surface area (Å²) in [6.07, 6.45) is 2.73. The molecule has 0 spiro atoms. The van der Waals surface area contributed by atoms with Gasteiger partial charge in [-0.25, -0.2) is 0 Å². The Balaban J connectivity index is 1.65. The largest absolute Gasteiger partial charge is 0.392 e. The van der Waals surface area contributed by atoms with Gasteiger partial charge in [0.2, 0.25) is 0 Å². The average molecular weight is 317 g/mol. The van der Waals surface area contributed by atoms with E-state index in [0.717, 1.165) is 31.8 Å². The molecule has 3 rings (SSSR count). The standard InChI is InChI=1S/C18H23NO2S/c20-14-16-7-5-15(6-8-16)11-19(12-17-3-1-9-21-17)13-18-4-2-10-22-18/h2,4-8,10,17,20H,1,3,9,11-14H2. The van der Waals surface area contributed by atoms with Crippen LogP contribution in [0.15, 0.2) is 41.8 Å². The lowest BCUT2D eigenvalue weighted by Crippen LogP contribution is -2.31. The third-order valence-corrected chi connectivity index (χ3v) is 4.92. The highest BCUT2D eigenvalue weighted by atomic mass is 32.1. The maximum Gasteiger partial charge on any atom is 0.0703 e. The molecule has 2 aromatic rings. The number of thiophene rings is 1. The van der Waals surface area contributed by atoms with Gasteiger partial charge in [-0.2, -0.15) is 0 Å². The van der Waals surface area contributed by atoms with Crippen LogP contribution < -0.4 is 0 Å². The van der Waals surface area contributed by atoms with E-state index in [1.807, 2.05) is 23.5 Å². The van der Waals surface area contributed by atoms with Crippen molar-refractivity contribution in [2.75, 3.05) is 13.2 Å². The average Bonchev–Trinajstić information content (AvgIpc) is 3.22. The smallest absolute Gasteiger partial charge is 0.0703 e. The summed E-state index contributed by atoms with van der Waals surface area (Å²) in [5.41, 5.74) is 2.25. The van der Waals surface area contributed by atoms with Crippen LogP contribution in [0.25, 0.3) is 0 Å². The van der Waals surface area contributed by atoms with E-state index in [0.29, 0.717) is 6.10 Å². The summed E-state index contributed by atoms with van der Waals surface area (Å²) in [6.45, 7) is 3.89. The number of hydrogen-bond acceptors (Lipinski definition) is 4. The van der Waals surface area contributed by atoms with Crippen molar-refractivity contribution in [2.45, 2.75) is 38.6 Å². The van der Waals surface area contributed by atoms with Gasteiger partial charge in [0, 0.05) is 31.1 Å². The predicted octanol–water partition coefficient (Wildman–Crippen LogP) is 3.42. The minimum absolute atomic E-state index is 0.106. The van der Waals surface area contributed by atoms with Gasteiger partial charge in [0.15, 0.2) is 0 Å². The van der Waals surface area contributed by atoms with E-state index >= 15 is 0 Å². The molecule has 3 nitrogen and oxygen atoms in total. The molecule has 0 radical (unpaired) electrons. The van der Waals surface area contributed by atoms with Crippen LogP contribution in [0.3, 0.4) is 0 Å². The molecule has 4 heteroatoms. The lowest BCUT2D eigenvalue weighted by Gasteiger charge is -2.25. The van der Waals surface area contributed by atoms with Crippen molar-refractivity contribution in [3.05, 3.63) is 57.8 Å². The molecule has 0 bridgehead atoms. The minimum atomic E-state index is 0.106. The molecule has 118 valence electrons. The van der Waals surface area contributed by atoms with E-state index in [4.69, 9.17) is 9.84 Å². The lowest BCUT2D eigenvalue weighted by atomic mass is 10.1. The Bertz CT molecular complexity index is 547. The Hall–Kier alpha value is -1.20. The first-order valence-electron chi connectivity index (χ1n) is 7.88. The highest BCUT2D eigenvalue weighted by Gasteiger charge is 2.19. The SMILES string of the molecule is OCc1ccc(CN(Cc2cccs2)CC2CCCO2)cc1. The third kappa shape index (κ3) is 4.40. The molecule has 2 heterocycles. The number of aliphatic hydroxyl groups is 1. The van der Waals surface area contributed by atoms with Crippen LogP contribution >= 0.6 is 11.3 Å². The molecular formula is C18H23NO2S. The molecule has 1 aliphatic rings. The predicted molar refractivity (Wildman–Crippen MR) is 89.8 cm³/mol. The molecule has 22 heavy (non-hydrogen) atoms. The molecule has 1 fully saturated rings. The van der Waals surface area contributed by atoms with E-state index in [2.05, 4.69) is 34.5 Å². The topological polar surface area (TPSA) is 32.7 Å². The fourth-order valence-corrected chi connectivity index (χ4v) is 3.64. The first kappa shape index (κ1) is 15.7. The van der Waals surface area contributed by atoms with Crippen LogP contribution in [0.2, 0.25) is 0 Å². The van der Waals surface area contributed by atoms with Gasteiger partial charge in [0.1, 0.15) is 0 Å². The third-order valence-electron chi connectivity index (χ3n) is 4.06. The molecule has 1 aromatic heterocycles. The van der Waals surface area contributed by atoms with Gasteiger partial charge in [-0.15, -0.1) is 11.3 Å². The quantitative estimate of drug-likeness (QED) is 0.849. The van der Waals surface area contributed by atoms with Crippen LogP contribution in [0.1, 0.15) is 28.8 Å². The summed E-state index contributed by atoms with van der Waals surface area (Å²) in [7, 11) is 0. The molecule has 1 aromatic carbocycles. The molecule has 1 unspecified atom stereocenters. The van der Waals surface area contributed by atoms with Gasteiger partial charge >= 0.3 is 0 Å². The van der Waals surface area contributed by atoms with Crippen molar-refractivity contribution >= 4 is 11.3 Å². The molecule has 0 aliphatic carbocycles. The van der Waals surface area contributed by atoms with Gasteiger partial charge in [0.25, 0.3) is 0 Å². The van der Waals surface area contributed by atoms with Crippen molar-refractivity contribution in [1.29, 1.82) is 0 Å². The Morgan fingerprint density at radius 2 is 1.95 bits per heavy atom. The molecule has 1 N–H and O–H groups in total. The first-order valence-corrected chi connectivity index (χ1v) is 8.76. The monoisotopic (exact) mass is 317 g/mol. The van der Waals surface area contributed by atoms with Crippen LogP contribution in [0.5, 0.6) is 0 Å². The zero-order valence-electron chi connectivity index (χ0n) is 12.8. The van der Waals surface area contributed by atoms with Gasteiger partial charge in [-0.05, 0) is 35.4 Å². The maximum atomic E-state index is 9.15. The number of nitrogens with zero attached hydrogens (tertiary/aromatic N) is 1. The summed E-state index contributed by atoms with van der Waals surface area (Å²) in [6, 6.07) is 12.5. The Morgan fingerprint density at radius 1 is 1.14 bits per heavy atom. The first-order chi connectivity index (χ1) is 10.8. The number of hydrogen-bond donors (Lipinski definition) is 1. The normalized spacial score (nSPS) is 18.2. The van der Waals surface area contributed by atoms with Crippen LogP contribution in [0, 0.1) is 0 Å². The van der Waals surface area contributed by atoms with Gasteiger partial charge in [-0.1, -0.05) is 30.3 Å². The van der Waals surface area contributed by atoms with E-state index < -0.39 is 0 Å². The number of rotatable bonds is 7. The van der Waals surface area contributed by atoms with Crippen LogP contribution in [-0.2, 0) is 24.4 Å². The second-order valence-corrected chi connectivity index (χ2v) is 6.89. The molecule has 1 saturated heterocycles. The van der Waals surface area contributed by atoms with Crippen LogP contribution in [0.4, 0.5) is 0 Å². The number of aliphatic hydroxyl groups excluding tert-OH is 1. The second-order valence-electron chi connectivity index (χ2n) is 5.86. The highest BCUT2D eigenvalue weighted by Crippen LogP contribution is 2.19. The van der Waals surface area contributed by atoms with E-state index in [9.17, 15) is 0 Å². The van der Waals surface area contributed by atoms with Crippen molar-refractivity contribution in [2.24, 2.45) is 0 Å². The van der Waals surface area contributed by atoms with E-state index in [1.165, 1.54) is 23.3 Å². The Labute approximate surface area is 136 Å². The number of benzene rings is 1. The zero-order valence-corrected chi connectivity index (χ0v) is 13.6. The van der Waals surface area contributed by atoms with Crippen molar-refractivity contribution < 1.29 is 9.84 Å². The molecule has 0 amide bonds. The van der Waals surface area contributed by atoms with Gasteiger partial charge in [0.05, 0.1) is 12.7 Å². The summed E-state index contributed by atoms with van der Waals surface area (Å²) in [5.74, 6) is 0. The summed E-state index contributed by atoms with van der Waals surface area (Å²) < 4.78 is 5.81. The van der Waals surface area contributed by atoms with Crippen molar-refractivity contribution in [1.82, 2.24) is 4.90 Å². The van der Waals surface area contributed by atoms with Crippen molar-refractivity contribution in [3.8, 4) is 0 Å². The fourth-order valence-electron chi connectivity index (χ4n) is 2.89. The molecular weight excluding hydrogens is 294 g/mol. The molecule has 1 aliphatic heterocycles. The molecule has 1 atom stereocenters.